The van der Waals surface area contributed by atoms with Gasteiger partial charge < -0.3 is 14.6 Å². The molecule has 0 radical (unpaired) electrons. The first-order valence-electron chi connectivity index (χ1n) is 10.8. The first-order chi connectivity index (χ1) is 16.5. The molecule has 0 unspecified atom stereocenters. The first kappa shape index (κ1) is 25.2. The van der Waals surface area contributed by atoms with Gasteiger partial charge in [-0.2, -0.15) is 0 Å². The third-order valence-electron chi connectivity index (χ3n) is 6.02. The topological polar surface area (TPSA) is 91.3 Å². The van der Waals surface area contributed by atoms with E-state index in [0.29, 0.717) is 5.69 Å². The minimum absolute atomic E-state index is 0.0549. The average Bonchev–Trinajstić information content (AvgIpc) is 3.26. The van der Waals surface area contributed by atoms with Crippen molar-refractivity contribution in [1.29, 1.82) is 0 Å². The van der Waals surface area contributed by atoms with Crippen LogP contribution in [-0.2, 0) is 7.05 Å². The van der Waals surface area contributed by atoms with Crippen LogP contribution in [0, 0.1) is 6.92 Å². The number of ether oxygens (including phenoxy) is 1. The van der Waals surface area contributed by atoms with Crippen LogP contribution in [-0.4, -0.2) is 26.8 Å². The molecule has 4 rings (SSSR count). The number of carbonyl (C=O) groups is 1. The molecule has 0 aliphatic heterocycles. The number of alkyl halides is 3. The molecule has 1 aliphatic rings. The van der Waals surface area contributed by atoms with Crippen LogP contribution in [0.15, 0.2) is 27.5 Å². The van der Waals surface area contributed by atoms with E-state index in [1.807, 2.05) is 0 Å². The maximum Gasteiger partial charge on any atom is 0.573 e. The van der Waals surface area contributed by atoms with Gasteiger partial charge in [0.1, 0.15) is 16.5 Å². The van der Waals surface area contributed by atoms with E-state index in [4.69, 9.17) is 27.7 Å². The summed E-state index contributed by atoms with van der Waals surface area (Å²) in [6, 6.07) is 3.21. The molecule has 2 heterocycles. The Morgan fingerprint density at radius 3 is 2.54 bits per heavy atom. The van der Waals surface area contributed by atoms with Gasteiger partial charge >= 0.3 is 6.36 Å². The van der Waals surface area contributed by atoms with Gasteiger partial charge in [-0.25, -0.2) is 4.68 Å². The molecule has 35 heavy (non-hydrogen) atoms. The van der Waals surface area contributed by atoms with Crippen molar-refractivity contribution in [2.75, 3.05) is 5.32 Å². The highest BCUT2D eigenvalue weighted by molar-refractivity contribution is 6.38. The number of amides is 1. The SMILES string of the molecule is Cc1c(NC(=O)c2noc(-c3ccc(OC(F)(F)F)cc3Cl)c2Cl)c(=O)n(C2CCCCC2)n1C. The van der Waals surface area contributed by atoms with Crippen LogP contribution in [0.3, 0.4) is 0 Å². The molecule has 1 aromatic carbocycles. The third kappa shape index (κ3) is 5.06. The van der Waals surface area contributed by atoms with Crippen molar-refractivity contribution in [2.45, 2.75) is 51.4 Å². The lowest BCUT2D eigenvalue weighted by Gasteiger charge is -2.24. The second kappa shape index (κ2) is 9.62. The summed E-state index contributed by atoms with van der Waals surface area (Å²) >= 11 is 12.4. The van der Waals surface area contributed by atoms with Gasteiger partial charge in [-0.05, 0) is 38.0 Å². The highest BCUT2D eigenvalue weighted by Gasteiger charge is 2.32. The van der Waals surface area contributed by atoms with Gasteiger partial charge in [0.25, 0.3) is 11.5 Å². The number of aromatic nitrogens is 3. The lowest BCUT2D eigenvalue weighted by Crippen LogP contribution is -2.29. The second-order valence-electron chi connectivity index (χ2n) is 8.24. The number of hydrogen-bond acceptors (Lipinski definition) is 5. The lowest BCUT2D eigenvalue weighted by molar-refractivity contribution is -0.274. The molecule has 0 spiro atoms. The van der Waals surface area contributed by atoms with Gasteiger partial charge in [-0.3, -0.25) is 14.3 Å². The number of carbonyl (C=O) groups excluding carboxylic acids is 1. The molecule has 0 bridgehead atoms. The summed E-state index contributed by atoms with van der Waals surface area (Å²) in [5.74, 6) is -1.43. The van der Waals surface area contributed by atoms with Crippen LogP contribution < -0.4 is 15.6 Å². The molecule has 13 heteroatoms. The Bertz CT molecular complexity index is 1320. The minimum atomic E-state index is -4.88. The Hall–Kier alpha value is -2.92. The fraction of sp³-hybridized carbons (Fsp3) is 0.409. The molecule has 1 fully saturated rings. The molecule has 1 N–H and O–H groups in total. The van der Waals surface area contributed by atoms with Gasteiger partial charge in [0.2, 0.25) is 0 Å². The van der Waals surface area contributed by atoms with Crippen LogP contribution in [0.4, 0.5) is 18.9 Å². The number of benzene rings is 1. The molecule has 188 valence electrons. The highest BCUT2D eigenvalue weighted by Crippen LogP contribution is 2.38. The summed E-state index contributed by atoms with van der Waals surface area (Å²) in [5.41, 5.74) is 0.148. The Balaban J connectivity index is 1.59. The Kier molecular flexibility index (Phi) is 6.92. The monoisotopic (exact) mass is 532 g/mol. The zero-order valence-corrected chi connectivity index (χ0v) is 20.2. The zero-order valence-electron chi connectivity index (χ0n) is 18.7. The summed E-state index contributed by atoms with van der Waals surface area (Å²) in [6.45, 7) is 1.72. The van der Waals surface area contributed by atoms with E-state index in [2.05, 4.69) is 15.2 Å². The summed E-state index contributed by atoms with van der Waals surface area (Å²) in [5, 5.41) is 5.88. The van der Waals surface area contributed by atoms with E-state index >= 15 is 0 Å². The van der Waals surface area contributed by atoms with Gasteiger partial charge in [-0.1, -0.05) is 47.6 Å². The van der Waals surface area contributed by atoms with E-state index in [-0.39, 0.29) is 44.4 Å². The average molecular weight is 533 g/mol. The van der Waals surface area contributed by atoms with E-state index < -0.39 is 18.0 Å². The summed E-state index contributed by atoms with van der Waals surface area (Å²) in [7, 11) is 1.76. The van der Waals surface area contributed by atoms with Gasteiger partial charge in [-0.15, -0.1) is 13.2 Å². The fourth-order valence-electron chi connectivity index (χ4n) is 4.25. The van der Waals surface area contributed by atoms with Crippen molar-refractivity contribution >= 4 is 34.8 Å². The van der Waals surface area contributed by atoms with E-state index in [1.165, 1.54) is 6.07 Å². The van der Waals surface area contributed by atoms with Crippen molar-refractivity contribution < 1.29 is 27.2 Å². The standard InChI is InChI=1S/C22H21Cl2F3N4O4/c1-11-17(21(33)31(30(11)2)12-6-4-3-5-7-12)28-20(32)18-16(24)19(35-29-18)14-9-8-13(10-15(14)23)34-22(25,26)27/h8-10,12H,3-7H2,1-2H3,(H,28,32). The van der Waals surface area contributed by atoms with E-state index in [0.717, 1.165) is 44.2 Å². The molecule has 0 saturated heterocycles. The smallest absolute Gasteiger partial charge is 0.406 e. The van der Waals surface area contributed by atoms with Crippen LogP contribution >= 0.6 is 23.2 Å². The number of rotatable bonds is 5. The number of nitrogens with zero attached hydrogens (tertiary/aromatic N) is 3. The van der Waals surface area contributed by atoms with Gasteiger partial charge in [0.15, 0.2) is 11.5 Å². The van der Waals surface area contributed by atoms with Crippen LogP contribution in [0.1, 0.15) is 54.3 Å². The zero-order chi connectivity index (χ0) is 25.5. The number of anilines is 1. The fourth-order valence-corrected chi connectivity index (χ4v) is 4.76. The van der Waals surface area contributed by atoms with Crippen molar-refractivity contribution in [1.82, 2.24) is 14.5 Å². The van der Waals surface area contributed by atoms with Crippen molar-refractivity contribution in [2.24, 2.45) is 7.05 Å². The molecule has 8 nitrogen and oxygen atoms in total. The van der Waals surface area contributed by atoms with Gasteiger partial charge in [0, 0.05) is 12.6 Å². The van der Waals surface area contributed by atoms with Crippen molar-refractivity contribution in [3.05, 3.63) is 50.0 Å². The molecule has 0 atom stereocenters. The minimum Gasteiger partial charge on any atom is -0.406 e. The molecule has 3 aromatic rings. The number of hydrogen-bond donors (Lipinski definition) is 1. The Labute approximate surface area is 207 Å². The van der Waals surface area contributed by atoms with Crippen molar-refractivity contribution in [3.63, 3.8) is 0 Å². The van der Waals surface area contributed by atoms with E-state index in [9.17, 15) is 22.8 Å². The number of nitrogens with one attached hydrogen (secondary N) is 1. The number of halogens is 5. The maximum atomic E-state index is 13.1. The Morgan fingerprint density at radius 2 is 1.91 bits per heavy atom. The van der Waals surface area contributed by atoms with Gasteiger partial charge in [0.05, 0.1) is 16.8 Å². The predicted molar refractivity (Wildman–Crippen MR) is 123 cm³/mol. The summed E-state index contributed by atoms with van der Waals surface area (Å²) in [4.78, 5) is 26.0. The molecule has 1 amide bonds. The first-order valence-corrected chi connectivity index (χ1v) is 11.5. The van der Waals surface area contributed by atoms with Crippen LogP contribution in [0.25, 0.3) is 11.3 Å². The quantitative estimate of drug-likeness (QED) is 0.427. The highest BCUT2D eigenvalue weighted by atomic mass is 35.5. The summed E-state index contributed by atoms with van der Waals surface area (Å²) < 4.78 is 49.7. The van der Waals surface area contributed by atoms with E-state index in [1.54, 1.807) is 23.3 Å². The molecule has 1 aliphatic carbocycles. The maximum absolute atomic E-state index is 13.1. The van der Waals surface area contributed by atoms with Crippen LogP contribution in [0.5, 0.6) is 5.75 Å². The lowest BCUT2D eigenvalue weighted by atomic mass is 9.96. The van der Waals surface area contributed by atoms with Crippen LogP contribution in [0.2, 0.25) is 10.0 Å². The normalized spacial score (nSPS) is 14.8. The third-order valence-corrected chi connectivity index (χ3v) is 6.68. The molecule has 1 saturated carbocycles. The second-order valence-corrected chi connectivity index (χ2v) is 9.03. The largest absolute Gasteiger partial charge is 0.573 e. The summed E-state index contributed by atoms with van der Waals surface area (Å²) in [6.07, 6.45) is 0.0874. The predicted octanol–water partition coefficient (Wildman–Crippen LogP) is 6.11. The molecular weight excluding hydrogens is 512 g/mol. The molecule has 2 aromatic heterocycles. The van der Waals surface area contributed by atoms with Crippen molar-refractivity contribution in [3.8, 4) is 17.1 Å². The molecular formula is C22H21Cl2F3N4O4. The Morgan fingerprint density at radius 1 is 1.23 bits per heavy atom.